The molecule has 4 N–H and O–H groups in total. The van der Waals surface area contributed by atoms with Crippen LogP contribution in [0.5, 0.6) is 0 Å². The highest BCUT2D eigenvalue weighted by Crippen LogP contribution is 2.35. The molecule has 4 amide bonds. The monoisotopic (exact) mass is 642 g/mol. The summed E-state index contributed by atoms with van der Waals surface area (Å²) in [6, 6.07) is 16.8. The number of ether oxygens (including phenoxy) is 1. The highest BCUT2D eigenvalue weighted by Gasteiger charge is 2.41. The second kappa shape index (κ2) is 18.9. The molecule has 1 fully saturated rings. The van der Waals surface area contributed by atoms with Gasteiger partial charge in [0.2, 0.25) is 23.6 Å². The van der Waals surface area contributed by atoms with E-state index < -0.39 is 53.5 Å². The van der Waals surface area contributed by atoms with Crippen LogP contribution in [0.2, 0.25) is 0 Å². The molecule has 47 heavy (non-hydrogen) atoms. The number of likely N-dealkylation sites (N-methyl/N-ethyl adjacent to an activating group) is 2. The third kappa shape index (κ3) is 11.7. The van der Waals surface area contributed by atoms with E-state index in [-0.39, 0.29) is 44.6 Å². The topological polar surface area (TPSA) is 143 Å². The first-order chi connectivity index (χ1) is 22.6. The lowest BCUT2D eigenvalue weighted by Gasteiger charge is -2.34. The summed E-state index contributed by atoms with van der Waals surface area (Å²) >= 11 is 0. The Morgan fingerprint density at radius 2 is 1.28 bits per heavy atom. The molecule has 1 aliphatic carbocycles. The van der Waals surface area contributed by atoms with E-state index in [2.05, 4.69) is 27.8 Å². The molecule has 3 rings (SSSR count). The average molecular weight is 643 g/mol. The van der Waals surface area contributed by atoms with Gasteiger partial charge in [-0.05, 0) is 37.3 Å². The Hall–Kier alpha value is -4.99. The summed E-state index contributed by atoms with van der Waals surface area (Å²) in [6.45, 7) is 5.94. The Morgan fingerprint density at radius 1 is 0.766 bits per heavy atom. The van der Waals surface area contributed by atoms with Crippen LogP contribution in [0.3, 0.4) is 0 Å². The lowest BCUT2D eigenvalue weighted by molar-refractivity contribution is -0.154. The van der Waals surface area contributed by atoms with Crippen LogP contribution in [0, 0.1) is 17.8 Å². The van der Waals surface area contributed by atoms with Crippen molar-refractivity contribution in [1.29, 1.82) is 0 Å². The van der Waals surface area contributed by atoms with Crippen LogP contribution in [0.4, 0.5) is 0 Å². The average Bonchev–Trinajstić information content (AvgIpc) is 3.09. The molecule has 1 aliphatic rings. The number of rotatable bonds is 15. The largest absolute Gasteiger partial charge is 0.461 e. The fourth-order valence-electron chi connectivity index (χ4n) is 5.62. The molecule has 0 aliphatic heterocycles. The van der Waals surface area contributed by atoms with E-state index in [1.807, 2.05) is 79.7 Å². The van der Waals surface area contributed by atoms with Crippen LogP contribution in [-0.2, 0) is 41.7 Å². The molecule has 1 saturated carbocycles. The molecule has 250 valence electrons. The van der Waals surface area contributed by atoms with Crippen LogP contribution in [0.15, 0.2) is 97.1 Å². The standard InChI is InChI=1S/C37H46N4O6/c1-5-6-9-14-25(2)19-31(35(44)38-3)40-33(42)28-21-29(23-30(22-28)37(46)47-24-27-17-12-8-13-18-27)34(43)41-32(36(45)39-4)20-26-15-10-7-11-16-26/h5-18,28-32H,2,19-24H2,1,3-4H3,(H,38,44)(H,39,45)(H,40,42)(H,41,43)/b6-5-,14-9-/t28?,29?,30?,31?,32-/m0/s1. The lowest BCUT2D eigenvalue weighted by atomic mass is 9.74. The smallest absolute Gasteiger partial charge is 0.309 e. The molecule has 0 aromatic heterocycles. The first kappa shape index (κ1) is 36.5. The quantitative estimate of drug-likeness (QED) is 0.173. The molecule has 0 heterocycles. The molecule has 0 saturated heterocycles. The van der Waals surface area contributed by atoms with Crippen LogP contribution < -0.4 is 21.3 Å². The fraction of sp³-hybridized carbons (Fsp3) is 0.378. The predicted octanol–water partition coefficient (Wildman–Crippen LogP) is 3.55. The SMILES string of the molecule is C=C(/C=C\C=C/C)CC(NC(=O)C1CC(C(=O)N[C@@H](Cc2ccccc2)C(=O)NC)CC(C(=O)OCc2ccccc2)C1)C(=O)NC. The third-order valence-corrected chi connectivity index (χ3v) is 8.15. The van der Waals surface area contributed by atoms with E-state index in [1.165, 1.54) is 14.1 Å². The van der Waals surface area contributed by atoms with Crippen molar-refractivity contribution in [3.05, 3.63) is 108 Å². The number of allylic oxidation sites excluding steroid dienone is 4. The number of nitrogens with one attached hydrogen (secondary N) is 4. The molecule has 10 heteroatoms. The third-order valence-electron chi connectivity index (χ3n) is 8.15. The van der Waals surface area contributed by atoms with Gasteiger partial charge < -0.3 is 26.0 Å². The summed E-state index contributed by atoms with van der Waals surface area (Å²) in [4.78, 5) is 66.3. The van der Waals surface area contributed by atoms with Gasteiger partial charge in [-0.15, -0.1) is 0 Å². The van der Waals surface area contributed by atoms with Gasteiger partial charge in [0.25, 0.3) is 0 Å². The number of carbonyl (C=O) groups is 5. The first-order valence-electron chi connectivity index (χ1n) is 15.9. The van der Waals surface area contributed by atoms with E-state index in [9.17, 15) is 24.0 Å². The zero-order valence-electron chi connectivity index (χ0n) is 27.4. The highest BCUT2D eigenvalue weighted by atomic mass is 16.5. The Bertz CT molecular complexity index is 1440. The van der Waals surface area contributed by atoms with E-state index >= 15 is 0 Å². The van der Waals surface area contributed by atoms with Crippen molar-refractivity contribution in [2.75, 3.05) is 14.1 Å². The van der Waals surface area contributed by atoms with Crippen LogP contribution in [0.1, 0.15) is 43.7 Å². The Morgan fingerprint density at radius 3 is 1.83 bits per heavy atom. The molecule has 4 unspecified atom stereocenters. The summed E-state index contributed by atoms with van der Waals surface area (Å²) < 4.78 is 5.62. The summed E-state index contributed by atoms with van der Waals surface area (Å²) in [7, 11) is 2.98. The van der Waals surface area contributed by atoms with Gasteiger partial charge in [0.05, 0.1) is 5.92 Å². The maximum Gasteiger partial charge on any atom is 0.309 e. The number of esters is 1. The zero-order chi connectivity index (χ0) is 34.2. The normalized spacial score (nSPS) is 18.9. The van der Waals surface area contributed by atoms with Crippen molar-refractivity contribution in [2.45, 2.75) is 57.7 Å². The van der Waals surface area contributed by atoms with Crippen molar-refractivity contribution in [3.8, 4) is 0 Å². The van der Waals surface area contributed by atoms with E-state index in [0.29, 0.717) is 5.57 Å². The van der Waals surface area contributed by atoms with Crippen molar-refractivity contribution in [2.24, 2.45) is 17.8 Å². The zero-order valence-corrected chi connectivity index (χ0v) is 27.4. The molecular weight excluding hydrogens is 596 g/mol. The first-order valence-corrected chi connectivity index (χ1v) is 15.9. The Balaban J connectivity index is 1.80. The van der Waals surface area contributed by atoms with Crippen molar-refractivity contribution >= 4 is 29.6 Å². The maximum atomic E-state index is 13.7. The van der Waals surface area contributed by atoms with Crippen molar-refractivity contribution < 1.29 is 28.7 Å². The van der Waals surface area contributed by atoms with E-state index in [1.54, 1.807) is 12.2 Å². The minimum atomic E-state index is -0.906. The van der Waals surface area contributed by atoms with Gasteiger partial charge in [-0.1, -0.05) is 97.1 Å². The summed E-state index contributed by atoms with van der Waals surface area (Å²) in [5, 5.41) is 10.9. The second-order valence-electron chi connectivity index (χ2n) is 11.7. The van der Waals surface area contributed by atoms with Gasteiger partial charge in [0, 0.05) is 38.8 Å². The minimum absolute atomic E-state index is 0.0569. The van der Waals surface area contributed by atoms with Gasteiger partial charge in [0.15, 0.2) is 0 Å². The van der Waals surface area contributed by atoms with Gasteiger partial charge in [-0.2, -0.15) is 0 Å². The predicted molar refractivity (Wildman–Crippen MR) is 180 cm³/mol. The molecule has 0 bridgehead atoms. The number of hydrogen-bond acceptors (Lipinski definition) is 6. The number of carbonyl (C=O) groups excluding carboxylic acids is 5. The molecule has 2 aromatic carbocycles. The summed E-state index contributed by atoms with van der Waals surface area (Å²) in [5.74, 6) is -4.41. The second-order valence-corrected chi connectivity index (χ2v) is 11.7. The molecule has 10 nitrogen and oxygen atoms in total. The van der Waals surface area contributed by atoms with Gasteiger partial charge >= 0.3 is 5.97 Å². The van der Waals surface area contributed by atoms with Gasteiger partial charge in [-0.25, -0.2) is 0 Å². The molecule has 0 radical (unpaired) electrons. The molecule has 5 atom stereocenters. The van der Waals surface area contributed by atoms with E-state index in [0.717, 1.165) is 11.1 Å². The van der Waals surface area contributed by atoms with Crippen LogP contribution in [0.25, 0.3) is 0 Å². The van der Waals surface area contributed by atoms with Gasteiger partial charge in [0.1, 0.15) is 18.7 Å². The lowest BCUT2D eigenvalue weighted by Crippen LogP contribution is -2.52. The van der Waals surface area contributed by atoms with E-state index in [4.69, 9.17) is 4.74 Å². The van der Waals surface area contributed by atoms with Crippen LogP contribution in [-0.4, -0.2) is 55.8 Å². The molecule has 0 spiro atoms. The maximum absolute atomic E-state index is 13.7. The van der Waals surface area contributed by atoms with Crippen LogP contribution >= 0.6 is 0 Å². The number of hydrogen-bond donors (Lipinski definition) is 4. The van der Waals surface area contributed by atoms with Crippen molar-refractivity contribution in [1.82, 2.24) is 21.3 Å². The minimum Gasteiger partial charge on any atom is -0.461 e. The number of benzene rings is 2. The fourth-order valence-corrected chi connectivity index (χ4v) is 5.62. The molecule has 2 aromatic rings. The van der Waals surface area contributed by atoms with Crippen molar-refractivity contribution in [3.63, 3.8) is 0 Å². The Kier molecular flexibility index (Phi) is 14.6. The Labute approximate surface area is 277 Å². The summed E-state index contributed by atoms with van der Waals surface area (Å²) in [5.41, 5.74) is 2.32. The highest BCUT2D eigenvalue weighted by molar-refractivity contribution is 5.91. The number of amides is 4. The summed E-state index contributed by atoms with van der Waals surface area (Å²) in [6.07, 6.45) is 8.13. The van der Waals surface area contributed by atoms with Gasteiger partial charge in [-0.3, -0.25) is 24.0 Å². The molecular formula is C37H46N4O6.